The van der Waals surface area contributed by atoms with Gasteiger partial charge in [0.05, 0.1) is 11.7 Å². The van der Waals surface area contributed by atoms with Crippen molar-refractivity contribution >= 4 is 88.8 Å². The van der Waals surface area contributed by atoms with E-state index in [0.717, 1.165) is 42.5 Å². The molecule has 0 aromatic heterocycles. The molecule has 30 nitrogen and oxygen atoms in total. The van der Waals surface area contributed by atoms with Crippen LogP contribution in [0.1, 0.15) is 160 Å². The summed E-state index contributed by atoms with van der Waals surface area (Å²) in [5.41, 5.74) is 4.88. The third-order valence-corrected chi connectivity index (χ3v) is 18.8. The fourth-order valence-electron chi connectivity index (χ4n) is 12.1. The normalized spacial score (nSPS) is 21.7. The zero-order valence-corrected chi connectivity index (χ0v) is 65.8. The van der Waals surface area contributed by atoms with Crippen LogP contribution in [0.4, 0.5) is 22.0 Å². The molecule has 0 spiro atoms. The van der Waals surface area contributed by atoms with Crippen molar-refractivity contribution in [1.29, 1.82) is 0 Å². The number of benzene rings is 2. The molecule has 13 amide bonds. The summed E-state index contributed by atoms with van der Waals surface area (Å²) < 4.78 is 73.7. The third kappa shape index (κ3) is 27.2. The predicted molar refractivity (Wildman–Crippen MR) is 398 cm³/mol. The Morgan fingerprint density at radius 3 is 1.63 bits per heavy atom. The van der Waals surface area contributed by atoms with E-state index in [0.29, 0.717) is 0 Å². The number of cyclic esters (lactones) is 1. The molecule has 35 heteroatoms. The predicted octanol–water partition coefficient (Wildman–Crippen LogP) is 2.24. The van der Waals surface area contributed by atoms with Crippen molar-refractivity contribution in [1.82, 2.24) is 68.7 Å². The third-order valence-electron chi connectivity index (χ3n) is 18.8. The van der Waals surface area contributed by atoms with Crippen LogP contribution in [0.5, 0.6) is 0 Å². The lowest BCUT2D eigenvalue weighted by Gasteiger charge is -2.33. The number of aliphatic hydroxyl groups is 1. The molecule has 2 aromatic rings. The molecule has 2 aliphatic heterocycles. The first-order valence-electron chi connectivity index (χ1n) is 37.2. The lowest BCUT2D eigenvalue weighted by Crippen LogP contribution is -2.64. The first kappa shape index (κ1) is 93.4. The molecule has 2 aromatic carbocycles. The SMILES string of the molecule is C/C=C1\NC(=O)[C@H](Cc2ccc(F)c(F)c2)NC(=O)[C@@H](C(C)C)NC(=O)[C@@H](C(C)C)NC(=O)[C@H](NC(=O)[C@H](NC(=O)[C@H](CCCN)NC(=O)[C@H]2CCCN2C(=O)[C@H](NC(=O)[C@@H](NC(=O)[C@@H](NC(=O)[C@H](NC(=O)/C=C/c2ccc(C(F)(F)F)cc2)C(C)C)[C@@H](C)O)C(C)C)C(C)C)C(C)C)[C@H](C)OC(=O)[C@H](C(C)C)NC1=O. The van der Waals surface area contributed by atoms with Gasteiger partial charge in [-0.1, -0.05) is 121 Å². The van der Waals surface area contributed by atoms with Crippen LogP contribution in [0.25, 0.3) is 6.08 Å². The van der Waals surface area contributed by atoms with Crippen LogP contribution in [0, 0.1) is 53.1 Å². The number of nitrogens with one attached hydrogen (secondary N) is 12. The van der Waals surface area contributed by atoms with E-state index in [1.54, 1.807) is 83.1 Å². The number of ether oxygens (including phenoxy) is 1. The highest BCUT2D eigenvalue weighted by atomic mass is 19.4. The number of amides is 13. The van der Waals surface area contributed by atoms with Gasteiger partial charge in [-0.3, -0.25) is 62.3 Å². The van der Waals surface area contributed by atoms with Crippen LogP contribution in [0.3, 0.4) is 0 Å². The van der Waals surface area contributed by atoms with E-state index in [1.807, 2.05) is 0 Å². The number of hydrogen-bond donors (Lipinski definition) is 14. The number of likely N-dealkylation sites (tertiary alicyclic amines) is 1. The summed E-state index contributed by atoms with van der Waals surface area (Å²) in [6.45, 7) is 25.7. The second-order valence-corrected chi connectivity index (χ2v) is 30.3. The molecule has 4 rings (SSSR count). The zero-order chi connectivity index (χ0) is 84.0. The second kappa shape index (κ2) is 42.5. The Morgan fingerprint density at radius 2 is 1.12 bits per heavy atom. The average molecular weight is 1570 g/mol. The van der Waals surface area contributed by atoms with Crippen LogP contribution in [-0.2, 0) is 84.5 Å². The van der Waals surface area contributed by atoms with Gasteiger partial charge in [-0.25, -0.2) is 13.6 Å². The fourth-order valence-corrected chi connectivity index (χ4v) is 12.1. The van der Waals surface area contributed by atoms with Crippen LogP contribution in [0.2, 0.25) is 0 Å². The summed E-state index contributed by atoms with van der Waals surface area (Å²) in [6, 6.07) is -11.2. The van der Waals surface area contributed by atoms with Crippen molar-refractivity contribution in [2.75, 3.05) is 13.1 Å². The molecule has 2 saturated heterocycles. The number of carbonyl (C=O) groups excluding carboxylic acids is 14. The van der Waals surface area contributed by atoms with Gasteiger partial charge in [-0.15, -0.1) is 0 Å². The lowest BCUT2D eigenvalue weighted by molar-refractivity contribution is -0.157. The molecule has 0 radical (unpaired) electrons. The van der Waals surface area contributed by atoms with Gasteiger partial charge < -0.3 is 84.3 Å². The molecule has 616 valence electrons. The number of carbonyl (C=O) groups is 14. The zero-order valence-electron chi connectivity index (χ0n) is 65.8. The molecule has 0 saturated carbocycles. The van der Waals surface area contributed by atoms with Crippen LogP contribution in [0.15, 0.2) is 60.3 Å². The number of esters is 1. The van der Waals surface area contributed by atoms with Crippen LogP contribution < -0.4 is 69.5 Å². The Bertz CT molecular complexity index is 3720. The van der Waals surface area contributed by atoms with Crippen molar-refractivity contribution in [2.45, 2.75) is 241 Å². The maximum atomic E-state index is 14.9. The van der Waals surface area contributed by atoms with Gasteiger partial charge in [-0.2, -0.15) is 13.2 Å². The maximum Gasteiger partial charge on any atom is 0.416 e. The van der Waals surface area contributed by atoms with Gasteiger partial charge in [0.2, 0.25) is 70.9 Å². The largest absolute Gasteiger partial charge is 0.458 e. The number of nitrogens with two attached hydrogens (primary N) is 1. The van der Waals surface area contributed by atoms with Gasteiger partial charge in [0, 0.05) is 19.0 Å². The highest BCUT2D eigenvalue weighted by Crippen LogP contribution is 2.30. The Hall–Kier alpha value is -9.93. The quantitative estimate of drug-likeness (QED) is 0.0315. The first-order valence-corrected chi connectivity index (χ1v) is 37.2. The molecule has 15 N–H and O–H groups in total. The smallest absolute Gasteiger partial charge is 0.416 e. The first-order chi connectivity index (χ1) is 51.7. The monoisotopic (exact) mass is 1570 g/mol. The summed E-state index contributed by atoms with van der Waals surface area (Å²) in [5.74, 6) is -20.8. The van der Waals surface area contributed by atoms with Crippen LogP contribution >= 0.6 is 0 Å². The Kier molecular flexibility index (Phi) is 35.8. The minimum absolute atomic E-state index is 0.00910. The van der Waals surface area contributed by atoms with Crippen molar-refractivity contribution in [3.05, 3.63) is 88.6 Å². The van der Waals surface area contributed by atoms with E-state index >= 15 is 0 Å². The molecule has 0 aliphatic carbocycles. The molecular weight excluding hydrogens is 1460 g/mol. The summed E-state index contributed by atoms with van der Waals surface area (Å²) in [4.78, 5) is 201. The lowest BCUT2D eigenvalue weighted by atomic mass is 9.98. The van der Waals surface area contributed by atoms with Crippen LogP contribution in [-0.4, -0.2) is 191 Å². The van der Waals surface area contributed by atoms with Crippen molar-refractivity contribution < 1.29 is 98.9 Å². The molecular formula is C76H111F5N14O16. The standard InChI is InChI=1S/C76H111F5N14O16/c1-18-49-63(98)92-60(41(14)15)75(110)111-43(17)62(73(108)90-57(38(8)9)69(104)88-55(36(4)5)67(102)85-51(65(100)83-49)34-45-25-29-47(77)48(78)33-45)94-71(106)56(37(6)7)87-64(99)50(21-19-31-82)84-66(101)52-22-20-32-95(52)74(109)59(40(12)13)91-70(105)58(39(10)11)89-72(107)61(42(16)96)93-68(103)54(35(2)3)86-53(97)30-26-44-23-27-46(28-24-44)76(79,80)81/h18,23-30,33,35-43,50-52,54-62,96H,19-22,31-32,34,82H2,1-17H3,(H,83,100)(H,84,101)(H,85,102)(H,86,97)(H,87,99)(H,88,104)(H,89,107)(H,90,108)(H,91,105)(H,92,98)(H,93,103)(H,94,106)/b30-26+,49-18-/t42-,43+,50+,51+,52-,54-,55-,56-,57-,58+,59-,60+,61+,62-/m1/s1. The highest BCUT2D eigenvalue weighted by molar-refractivity contribution is 6.03. The number of nitrogens with zero attached hydrogens (tertiary/aromatic N) is 1. The van der Waals surface area contributed by atoms with E-state index in [-0.39, 0.29) is 49.9 Å². The molecule has 0 unspecified atom stereocenters. The van der Waals surface area contributed by atoms with Crippen molar-refractivity contribution in [3.63, 3.8) is 0 Å². The molecule has 2 aliphatic rings. The van der Waals surface area contributed by atoms with Gasteiger partial charge >= 0.3 is 12.1 Å². The molecule has 14 atom stereocenters. The number of rotatable bonds is 29. The van der Waals surface area contributed by atoms with Gasteiger partial charge in [0.1, 0.15) is 84.3 Å². The Balaban J connectivity index is 1.59. The van der Waals surface area contributed by atoms with E-state index in [9.17, 15) is 94.2 Å². The summed E-state index contributed by atoms with van der Waals surface area (Å²) >= 11 is 0. The molecule has 2 fully saturated rings. The topological polar surface area (TPSA) is 442 Å². The number of halogens is 5. The molecule has 0 bridgehead atoms. The molecule has 2 heterocycles. The van der Waals surface area contributed by atoms with E-state index in [1.165, 1.54) is 57.7 Å². The van der Waals surface area contributed by atoms with Crippen molar-refractivity contribution in [3.8, 4) is 0 Å². The Labute approximate surface area is 643 Å². The summed E-state index contributed by atoms with van der Waals surface area (Å²) in [7, 11) is 0. The number of alkyl halides is 3. The van der Waals surface area contributed by atoms with Gasteiger partial charge in [-0.05, 0) is 136 Å². The number of aliphatic hydroxyl groups excluding tert-OH is 1. The minimum Gasteiger partial charge on any atom is -0.458 e. The van der Waals surface area contributed by atoms with E-state index in [4.69, 9.17) is 10.5 Å². The van der Waals surface area contributed by atoms with Gasteiger partial charge in [0.25, 0.3) is 5.91 Å². The van der Waals surface area contributed by atoms with E-state index < -0.39 is 244 Å². The van der Waals surface area contributed by atoms with Crippen molar-refractivity contribution in [2.24, 2.45) is 47.2 Å². The highest BCUT2D eigenvalue weighted by Gasteiger charge is 2.45. The maximum absolute atomic E-state index is 14.9. The fraction of sp³-hybridized carbons (Fsp3) is 0.605. The average Bonchev–Trinajstić information content (AvgIpc) is 1.76. The summed E-state index contributed by atoms with van der Waals surface area (Å²) in [5, 5.41) is 41.6. The second-order valence-electron chi connectivity index (χ2n) is 30.3. The van der Waals surface area contributed by atoms with E-state index in [2.05, 4.69) is 63.8 Å². The summed E-state index contributed by atoms with van der Waals surface area (Å²) in [6.07, 6.45) is -4.47. The van der Waals surface area contributed by atoms with Gasteiger partial charge in [0.15, 0.2) is 11.6 Å². The number of hydrogen-bond acceptors (Lipinski definition) is 17. The molecule has 111 heavy (non-hydrogen) atoms. The minimum atomic E-state index is -4.58. The number of allylic oxidation sites excluding steroid dienone is 1. The Morgan fingerprint density at radius 1 is 0.613 bits per heavy atom.